The molecule has 0 aromatic rings. The summed E-state index contributed by atoms with van der Waals surface area (Å²) >= 11 is 15.5. The van der Waals surface area contributed by atoms with E-state index in [1.54, 1.807) is 13.8 Å². The van der Waals surface area contributed by atoms with Crippen molar-refractivity contribution in [3.63, 3.8) is 0 Å². The van der Waals surface area contributed by atoms with Gasteiger partial charge in [0.1, 0.15) is 0 Å². The van der Waals surface area contributed by atoms with Crippen molar-refractivity contribution in [3.8, 4) is 0 Å². The topological polar surface area (TPSA) is 58.9 Å². The van der Waals surface area contributed by atoms with Gasteiger partial charge >= 0.3 is 0 Å². The molecule has 0 heterocycles. The zero-order valence-corrected chi connectivity index (χ0v) is 24.4. The van der Waals surface area contributed by atoms with Crippen molar-refractivity contribution in [2.75, 3.05) is 13.2 Å². The van der Waals surface area contributed by atoms with Crippen LogP contribution < -0.4 is 0 Å². The smallest absolute Gasteiger partial charge is 0.151 e. The minimum Gasteiger partial charge on any atom is -0.391 e. The molecule has 6 atom stereocenters. The highest BCUT2D eigenvalue weighted by Gasteiger charge is 2.66. The fourth-order valence-corrected chi connectivity index (χ4v) is 7.89. The fraction of sp³-hybridized carbons (Fsp3) is 0.636. The number of alkyl halides is 2. The molecule has 2 aliphatic rings. The molecule has 30 heavy (non-hydrogen) atoms. The first-order chi connectivity index (χ1) is 13.8. The lowest BCUT2D eigenvalue weighted by atomic mass is 9.68. The number of aliphatic hydroxyl groups excluding tert-OH is 2. The van der Waals surface area contributed by atoms with Crippen molar-refractivity contribution >= 4 is 63.7 Å². The predicted octanol–water partition coefficient (Wildman–Crippen LogP) is 6.04. The van der Waals surface area contributed by atoms with Gasteiger partial charge < -0.3 is 19.7 Å². The summed E-state index contributed by atoms with van der Waals surface area (Å²) < 4.78 is 14.9. The Labute approximate surface area is 213 Å². The van der Waals surface area contributed by atoms with Crippen molar-refractivity contribution in [1.29, 1.82) is 0 Å². The van der Waals surface area contributed by atoms with Crippen LogP contribution in [0.3, 0.4) is 0 Å². The second-order valence-corrected chi connectivity index (χ2v) is 11.7. The Hall–Kier alpha value is 0.720. The molecule has 0 spiro atoms. The van der Waals surface area contributed by atoms with Gasteiger partial charge in [-0.3, -0.25) is 0 Å². The summed E-state index contributed by atoms with van der Waals surface area (Å²) in [6.45, 7) is 11.8. The van der Waals surface area contributed by atoms with Crippen molar-refractivity contribution in [2.24, 2.45) is 0 Å². The summed E-state index contributed by atoms with van der Waals surface area (Å²) in [6.07, 6.45) is 2.88. The summed E-state index contributed by atoms with van der Waals surface area (Å²) in [5, 5.41) is 20.2. The van der Waals surface area contributed by atoms with Crippen LogP contribution in [0.4, 0.5) is 0 Å². The molecular weight excluding hydrogens is 648 g/mol. The lowest BCUT2D eigenvalue weighted by molar-refractivity contribution is -0.178. The molecule has 6 unspecified atom stereocenters. The Kier molecular flexibility index (Phi) is 9.28. The summed E-state index contributed by atoms with van der Waals surface area (Å²) in [7, 11) is 0. The van der Waals surface area contributed by atoms with Crippen LogP contribution >= 0.6 is 63.7 Å². The quantitative estimate of drug-likeness (QED) is 0.323. The summed E-state index contributed by atoms with van der Waals surface area (Å²) in [5.41, 5.74) is 2.05. The number of hydrogen-bond donors (Lipinski definition) is 2. The van der Waals surface area contributed by atoms with E-state index in [2.05, 4.69) is 75.9 Å². The standard InChI is InChI=1S/C22H30Br4O4/c1-11-7-12(2)18(24)21(17(11)23,29-9-15(5)27)22(30-10-16(6)28)19(25)13(3)8-14(4)20(22)26/h7-8,15-17,19,27-28H,9-10H2,1-6H3. The van der Waals surface area contributed by atoms with Gasteiger partial charge in [0.15, 0.2) is 11.2 Å². The maximum atomic E-state index is 10.1. The molecule has 0 aromatic carbocycles. The number of halogens is 4. The van der Waals surface area contributed by atoms with Gasteiger partial charge in [-0.25, -0.2) is 0 Å². The average molecular weight is 678 g/mol. The number of ether oxygens (including phenoxy) is 2. The monoisotopic (exact) mass is 674 g/mol. The number of hydrogen-bond acceptors (Lipinski definition) is 4. The van der Waals surface area contributed by atoms with Gasteiger partial charge in [-0.1, -0.05) is 87.0 Å². The second kappa shape index (κ2) is 10.3. The minimum atomic E-state index is -1.06. The van der Waals surface area contributed by atoms with E-state index >= 15 is 0 Å². The largest absolute Gasteiger partial charge is 0.391 e. The number of aliphatic hydroxyl groups is 2. The normalized spacial score (nSPS) is 34.7. The molecule has 0 radical (unpaired) electrons. The van der Waals surface area contributed by atoms with Crippen LogP contribution in [-0.2, 0) is 9.47 Å². The fourth-order valence-electron chi connectivity index (χ4n) is 4.10. The zero-order chi connectivity index (χ0) is 23.0. The van der Waals surface area contributed by atoms with Crippen LogP contribution in [0.15, 0.2) is 43.4 Å². The molecule has 2 aliphatic carbocycles. The van der Waals surface area contributed by atoms with Crippen molar-refractivity contribution < 1.29 is 19.7 Å². The van der Waals surface area contributed by atoms with E-state index in [0.717, 1.165) is 31.3 Å². The van der Waals surface area contributed by atoms with Crippen LogP contribution in [0.1, 0.15) is 41.5 Å². The first kappa shape index (κ1) is 27.0. The van der Waals surface area contributed by atoms with E-state index in [1.807, 2.05) is 27.7 Å². The average Bonchev–Trinajstić information content (AvgIpc) is 2.66. The molecule has 170 valence electrons. The van der Waals surface area contributed by atoms with Crippen molar-refractivity contribution in [2.45, 2.75) is 74.6 Å². The summed E-state index contributed by atoms with van der Waals surface area (Å²) in [5.74, 6) is 0. The molecule has 0 saturated heterocycles. The maximum absolute atomic E-state index is 10.1. The van der Waals surface area contributed by atoms with Crippen LogP contribution in [-0.4, -0.2) is 56.5 Å². The van der Waals surface area contributed by atoms with Crippen LogP contribution in [0, 0.1) is 0 Å². The van der Waals surface area contributed by atoms with Crippen LogP contribution in [0.25, 0.3) is 0 Å². The maximum Gasteiger partial charge on any atom is 0.151 e. The molecular formula is C22H30Br4O4. The first-order valence-electron chi connectivity index (χ1n) is 9.85. The third-order valence-corrected chi connectivity index (χ3v) is 10.6. The summed E-state index contributed by atoms with van der Waals surface area (Å²) in [4.78, 5) is -0.524. The highest BCUT2D eigenvalue weighted by atomic mass is 79.9. The van der Waals surface area contributed by atoms with Gasteiger partial charge in [0.25, 0.3) is 0 Å². The lowest BCUT2D eigenvalue weighted by Gasteiger charge is -2.57. The number of rotatable bonds is 7. The third-order valence-electron chi connectivity index (χ3n) is 5.40. The summed E-state index contributed by atoms with van der Waals surface area (Å²) in [6, 6.07) is 0. The van der Waals surface area contributed by atoms with Gasteiger partial charge in [-0.05, 0) is 52.7 Å². The Morgan fingerprint density at radius 2 is 1.10 bits per heavy atom. The molecule has 0 aliphatic heterocycles. The van der Waals surface area contributed by atoms with Gasteiger partial charge in [0.05, 0.1) is 35.1 Å². The molecule has 0 amide bonds. The van der Waals surface area contributed by atoms with Crippen LogP contribution in [0.2, 0.25) is 0 Å². The zero-order valence-electron chi connectivity index (χ0n) is 18.1. The molecule has 2 rings (SSSR count). The van der Waals surface area contributed by atoms with E-state index in [-0.39, 0.29) is 22.9 Å². The van der Waals surface area contributed by atoms with Crippen LogP contribution in [0.5, 0.6) is 0 Å². The van der Waals surface area contributed by atoms with Gasteiger partial charge in [-0.15, -0.1) is 0 Å². The van der Waals surface area contributed by atoms with E-state index in [1.165, 1.54) is 0 Å². The third kappa shape index (κ3) is 4.54. The molecule has 0 bridgehead atoms. The van der Waals surface area contributed by atoms with Gasteiger partial charge in [0, 0.05) is 8.96 Å². The van der Waals surface area contributed by atoms with E-state index < -0.39 is 23.4 Å². The Balaban J connectivity index is 2.91. The lowest BCUT2D eigenvalue weighted by Crippen LogP contribution is -2.69. The molecule has 2 N–H and O–H groups in total. The first-order valence-corrected chi connectivity index (χ1v) is 13.3. The Morgan fingerprint density at radius 1 is 0.800 bits per heavy atom. The Morgan fingerprint density at radius 3 is 1.37 bits per heavy atom. The molecule has 4 nitrogen and oxygen atoms in total. The number of allylic oxidation sites excluding steroid dienone is 4. The van der Waals surface area contributed by atoms with Crippen molar-refractivity contribution in [1.82, 2.24) is 0 Å². The molecule has 0 saturated carbocycles. The van der Waals surface area contributed by atoms with E-state index in [0.29, 0.717) is 0 Å². The predicted molar refractivity (Wildman–Crippen MR) is 137 cm³/mol. The van der Waals surface area contributed by atoms with Gasteiger partial charge in [-0.2, -0.15) is 0 Å². The van der Waals surface area contributed by atoms with E-state index in [9.17, 15) is 10.2 Å². The van der Waals surface area contributed by atoms with Crippen molar-refractivity contribution in [3.05, 3.63) is 43.4 Å². The van der Waals surface area contributed by atoms with Gasteiger partial charge in [0.2, 0.25) is 0 Å². The minimum absolute atomic E-state index is 0.110. The Bertz CT molecular complexity index is 733. The molecule has 0 fully saturated rings. The highest BCUT2D eigenvalue weighted by molar-refractivity contribution is 9.12. The second-order valence-electron chi connectivity index (χ2n) is 8.29. The highest BCUT2D eigenvalue weighted by Crippen LogP contribution is 2.59. The molecule has 0 aromatic heterocycles. The van der Waals surface area contributed by atoms with E-state index in [4.69, 9.17) is 9.47 Å². The SMILES string of the molecule is CC1=CC(C)=C(Br)C(OCC(C)O)(C2(OCC(C)O)C(Br)=C(C)C=C(C)C2Br)C1Br. The molecule has 8 heteroatoms.